The van der Waals surface area contributed by atoms with Crippen LogP contribution in [0.5, 0.6) is 5.75 Å². The molecule has 2 aliphatic rings. The van der Waals surface area contributed by atoms with E-state index >= 15 is 0 Å². The summed E-state index contributed by atoms with van der Waals surface area (Å²) >= 11 is 1.56. The molecule has 0 aromatic heterocycles. The van der Waals surface area contributed by atoms with Gasteiger partial charge in [-0.3, -0.25) is 19.9 Å². The number of rotatable bonds is 4. The van der Waals surface area contributed by atoms with E-state index in [9.17, 15) is 20.0 Å². The Morgan fingerprint density at radius 3 is 2.88 bits per heavy atom. The Morgan fingerprint density at radius 2 is 2.17 bits per heavy atom. The first-order valence-corrected chi connectivity index (χ1v) is 8.54. The van der Waals surface area contributed by atoms with Gasteiger partial charge in [0.05, 0.1) is 10.8 Å². The molecule has 7 nitrogen and oxygen atoms in total. The fourth-order valence-corrected chi connectivity index (χ4v) is 4.60. The third-order valence-electron chi connectivity index (χ3n) is 4.25. The number of benzene rings is 1. The zero-order valence-electron chi connectivity index (χ0n) is 12.8. The lowest BCUT2D eigenvalue weighted by Gasteiger charge is -2.17. The van der Waals surface area contributed by atoms with Gasteiger partial charge in [-0.05, 0) is 53.9 Å². The Labute approximate surface area is 142 Å². The second-order valence-electron chi connectivity index (χ2n) is 5.83. The molecule has 0 fully saturated rings. The number of nitrogens with two attached hydrogens (primary N) is 1. The fraction of sp³-hybridized carbons (Fsp3) is 0.375. The minimum Gasteiger partial charge on any atom is -0.502 e. The number of carbonyl (C=O) groups is 1. The molecule has 0 spiro atoms. The molecule has 0 unspecified atom stereocenters. The van der Waals surface area contributed by atoms with Crippen LogP contribution in [0.3, 0.4) is 0 Å². The van der Waals surface area contributed by atoms with E-state index in [1.165, 1.54) is 29.3 Å². The normalized spacial score (nSPS) is 23.5. The summed E-state index contributed by atoms with van der Waals surface area (Å²) in [5.41, 5.74) is 6.79. The van der Waals surface area contributed by atoms with Gasteiger partial charge in [-0.1, -0.05) is 0 Å². The average Bonchev–Trinajstić information content (AvgIpc) is 2.92. The second kappa shape index (κ2) is 6.64. The molecule has 0 saturated heterocycles. The maximum atomic E-state index is 11.8. The molecule has 1 aromatic rings. The molecule has 0 bridgehead atoms. The van der Waals surface area contributed by atoms with Crippen LogP contribution >= 0.6 is 11.8 Å². The van der Waals surface area contributed by atoms with Gasteiger partial charge < -0.3 is 10.8 Å². The van der Waals surface area contributed by atoms with E-state index in [1.54, 1.807) is 11.8 Å². The number of nitro benzene ring substituents is 1. The van der Waals surface area contributed by atoms with Crippen LogP contribution in [0.2, 0.25) is 0 Å². The number of amides is 1. The first kappa shape index (κ1) is 16.5. The molecule has 0 radical (unpaired) electrons. The summed E-state index contributed by atoms with van der Waals surface area (Å²) in [6.45, 7) is 0. The summed E-state index contributed by atoms with van der Waals surface area (Å²) in [4.78, 5) is 27.7. The smallest absolute Gasteiger partial charge is 0.311 e. The SMILES string of the molecule is NC(=O)[C@H]1C2=C(CCCC2)S[C@@H]1N=Cc1ccc(O)c([N+](=O)[O-])c1. The van der Waals surface area contributed by atoms with Crippen LogP contribution in [0.1, 0.15) is 31.2 Å². The number of allylic oxidation sites excluding steroid dienone is 1. The third-order valence-corrected chi connectivity index (χ3v) is 5.64. The number of aromatic hydroxyl groups is 1. The van der Waals surface area contributed by atoms with Crippen LogP contribution in [0.15, 0.2) is 33.7 Å². The van der Waals surface area contributed by atoms with Gasteiger partial charge in [0.2, 0.25) is 5.91 Å². The van der Waals surface area contributed by atoms with E-state index in [0.717, 1.165) is 31.3 Å². The van der Waals surface area contributed by atoms with Gasteiger partial charge >= 0.3 is 5.69 Å². The van der Waals surface area contributed by atoms with Crippen molar-refractivity contribution in [2.24, 2.45) is 16.6 Å². The number of hydrogen-bond acceptors (Lipinski definition) is 6. The summed E-state index contributed by atoms with van der Waals surface area (Å²) in [5.74, 6) is -1.18. The molecule has 1 aromatic carbocycles. The molecule has 1 heterocycles. The van der Waals surface area contributed by atoms with Crippen molar-refractivity contribution >= 4 is 29.6 Å². The number of phenols is 1. The molecule has 24 heavy (non-hydrogen) atoms. The summed E-state index contributed by atoms with van der Waals surface area (Å²) in [7, 11) is 0. The Balaban J connectivity index is 1.83. The zero-order valence-corrected chi connectivity index (χ0v) is 13.7. The molecule has 0 saturated carbocycles. The van der Waals surface area contributed by atoms with Crippen molar-refractivity contribution in [3.8, 4) is 5.75 Å². The Bertz CT molecular complexity index is 760. The first-order chi connectivity index (χ1) is 11.5. The van der Waals surface area contributed by atoms with E-state index in [2.05, 4.69) is 4.99 Å². The molecule has 2 atom stereocenters. The van der Waals surface area contributed by atoms with Crippen molar-refractivity contribution in [1.82, 2.24) is 0 Å². The maximum absolute atomic E-state index is 11.8. The monoisotopic (exact) mass is 347 g/mol. The molecule has 3 N–H and O–H groups in total. The van der Waals surface area contributed by atoms with Crippen LogP contribution in [0.25, 0.3) is 0 Å². The number of phenolic OH excluding ortho intramolecular Hbond substituents is 1. The van der Waals surface area contributed by atoms with Crippen LogP contribution in [0.4, 0.5) is 5.69 Å². The molecule has 3 rings (SSSR count). The third kappa shape index (κ3) is 3.14. The Hall–Kier alpha value is -2.35. The Morgan fingerprint density at radius 1 is 1.42 bits per heavy atom. The lowest BCUT2D eigenvalue weighted by molar-refractivity contribution is -0.385. The molecular formula is C16H17N3O4S. The van der Waals surface area contributed by atoms with E-state index in [4.69, 9.17) is 5.73 Å². The van der Waals surface area contributed by atoms with Crippen LogP contribution in [-0.2, 0) is 4.79 Å². The van der Waals surface area contributed by atoms with Crippen molar-refractivity contribution in [3.05, 3.63) is 44.4 Å². The lowest BCUT2D eigenvalue weighted by Crippen LogP contribution is -2.30. The topological polar surface area (TPSA) is 119 Å². The van der Waals surface area contributed by atoms with Crippen molar-refractivity contribution in [2.75, 3.05) is 0 Å². The van der Waals surface area contributed by atoms with Gasteiger partial charge in [0.1, 0.15) is 5.37 Å². The number of hydrogen-bond donors (Lipinski definition) is 2. The molecule has 1 aliphatic carbocycles. The number of aliphatic imine (C=N–C) groups is 1. The minimum absolute atomic E-state index is 0.321. The van der Waals surface area contributed by atoms with Crippen molar-refractivity contribution < 1.29 is 14.8 Å². The predicted molar refractivity (Wildman–Crippen MR) is 91.9 cm³/mol. The summed E-state index contributed by atoms with van der Waals surface area (Å²) < 4.78 is 0. The second-order valence-corrected chi connectivity index (χ2v) is 7.04. The zero-order chi connectivity index (χ0) is 17.3. The van der Waals surface area contributed by atoms with Gasteiger partial charge in [0, 0.05) is 12.3 Å². The standard InChI is InChI=1S/C16H17N3O4S/c17-15(21)14-10-3-1-2-4-13(10)24-16(14)18-8-9-5-6-12(20)11(7-9)19(22)23/h5-8,14,16,20H,1-4H2,(H2,17,21)/t14-,16+/m1/s1. The quantitative estimate of drug-likeness (QED) is 0.493. The lowest BCUT2D eigenvalue weighted by atomic mass is 9.89. The number of primary amides is 1. The van der Waals surface area contributed by atoms with Gasteiger partial charge in [0.25, 0.3) is 0 Å². The molecule has 1 amide bonds. The van der Waals surface area contributed by atoms with E-state index in [-0.39, 0.29) is 22.7 Å². The number of nitrogens with zero attached hydrogens (tertiary/aromatic N) is 2. The number of nitro groups is 1. The van der Waals surface area contributed by atoms with Gasteiger partial charge in [-0.25, -0.2) is 0 Å². The average molecular weight is 347 g/mol. The highest BCUT2D eigenvalue weighted by atomic mass is 32.2. The van der Waals surface area contributed by atoms with Crippen LogP contribution < -0.4 is 5.73 Å². The highest BCUT2D eigenvalue weighted by Gasteiger charge is 2.39. The molecule has 1 aliphatic heterocycles. The predicted octanol–water partition coefficient (Wildman–Crippen LogP) is 2.72. The number of carbonyl (C=O) groups excluding carboxylic acids is 1. The van der Waals surface area contributed by atoms with E-state index in [1.807, 2.05) is 0 Å². The highest BCUT2D eigenvalue weighted by Crippen LogP contribution is 2.49. The largest absolute Gasteiger partial charge is 0.502 e. The summed E-state index contributed by atoms with van der Waals surface area (Å²) in [6.07, 6.45) is 5.51. The van der Waals surface area contributed by atoms with Gasteiger partial charge in [0.15, 0.2) is 5.75 Å². The fourth-order valence-electron chi connectivity index (χ4n) is 3.11. The van der Waals surface area contributed by atoms with Crippen molar-refractivity contribution in [2.45, 2.75) is 31.1 Å². The van der Waals surface area contributed by atoms with E-state index < -0.39 is 10.8 Å². The van der Waals surface area contributed by atoms with Crippen LogP contribution in [0, 0.1) is 16.0 Å². The molecule has 126 valence electrons. The maximum Gasteiger partial charge on any atom is 0.311 e. The van der Waals surface area contributed by atoms with Crippen molar-refractivity contribution in [1.29, 1.82) is 0 Å². The Kier molecular flexibility index (Phi) is 4.57. The van der Waals surface area contributed by atoms with Gasteiger partial charge in [-0.15, -0.1) is 11.8 Å². The van der Waals surface area contributed by atoms with Crippen molar-refractivity contribution in [3.63, 3.8) is 0 Å². The minimum atomic E-state index is -0.649. The van der Waals surface area contributed by atoms with Crippen LogP contribution in [-0.4, -0.2) is 27.5 Å². The summed E-state index contributed by atoms with van der Waals surface area (Å²) in [6, 6.07) is 4.05. The highest BCUT2D eigenvalue weighted by molar-refractivity contribution is 8.04. The first-order valence-electron chi connectivity index (χ1n) is 7.66. The number of thioether (sulfide) groups is 1. The van der Waals surface area contributed by atoms with E-state index in [0.29, 0.717) is 5.56 Å². The summed E-state index contributed by atoms with van der Waals surface area (Å²) in [5, 5.41) is 20.0. The molecular weight excluding hydrogens is 330 g/mol. The van der Waals surface area contributed by atoms with Gasteiger partial charge in [-0.2, -0.15) is 0 Å². The molecule has 8 heteroatoms.